The minimum Gasteiger partial charge on any atom is -0.342 e. The Morgan fingerprint density at radius 2 is 2.12 bits per heavy atom. The Morgan fingerprint density at radius 3 is 2.56 bits per heavy atom. The first-order valence-electron chi connectivity index (χ1n) is 6.12. The summed E-state index contributed by atoms with van der Waals surface area (Å²) in [5.41, 5.74) is 5.54. The molecule has 1 aliphatic carbocycles. The van der Waals surface area contributed by atoms with Crippen LogP contribution in [0.2, 0.25) is 0 Å². The third-order valence-electron chi connectivity index (χ3n) is 3.83. The van der Waals surface area contributed by atoms with Gasteiger partial charge in [0.05, 0.1) is 5.41 Å². The molecule has 0 aromatic rings. The molecule has 0 saturated heterocycles. The van der Waals surface area contributed by atoms with Gasteiger partial charge in [-0.2, -0.15) is 0 Å². The van der Waals surface area contributed by atoms with Crippen LogP contribution in [0, 0.1) is 11.3 Å². The van der Waals surface area contributed by atoms with Crippen LogP contribution >= 0.6 is 0 Å². The van der Waals surface area contributed by atoms with Crippen LogP contribution in [0.25, 0.3) is 0 Å². The Morgan fingerprint density at radius 1 is 1.56 bits per heavy atom. The Balaban J connectivity index is 2.72. The summed E-state index contributed by atoms with van der Waals surface area (Å²) in [6, 6.07) is 0. The topological polar surface area (TPSA) is 46.3 Å². The van der Waals surface area contributed by atoms with Crippen molar-refractivity contribution in [3.8, 4) is 0 Å². The fraction of sp³-hybridized carbons (Fsp3) is 0.769. The normalized spacial score (nSPS) is 29.8. The van der Waals surface area contributed by atoms with E-state index in [0.717, 1.165) is 31.6 Å². The molecular formula is C13H24N2O. The third kappa shape index (κ3) is 2.64. The number of carbonyl (C=O) groups excluding carboxylic acids is 1. The van der Waals surface area contributed by atoms with E-state index in [4.69, 9.17) is 5.73 Å². The molecule has 1 amide bonds. The highest BCUT2D eigenvalue weighted by atomic mass is 16.2. The summed E-state index contributed by atoms with van der Waals surface area (Å²) in [6.07, 6.45) is 5.86. The zero-order valence-corrected chi connectivity index (χ0v) is 10.5. The maximum absolute atomic E-state index is 12.3. The SMILES string of the molecule is C=CCN(C)C(=O)C1(CN)CCC(C)CC1. The van der Waals surface area contributed by atoms with E-state index in [9.17, 15) is 4.79 Å². The Labute approximate surface area is 98.7 Å². The van der Waals surface area contributed by atoms with Gasteiger partial charge in [-0.1, -0.05) is 13.0 Å². The number of rotatable bonds is 4. The average molecular weight is 224 g/mol. The van der Waals surface area contributed by atoms with Gasteiger partial charge in [0.25, 0.3) is 0 Å². The smallest absolute Gasteiger partial charge is 0.230 e. The fourth-order valence-corrected chi connectivity index (χ4v) is 2.50. The van der Waals surface area contributed by atoms with Gasteiger partial charge in [0, 0.05) is 20.1 Å². The molecule has 16 heavy (non-hydrogen) atoms. The van der Waals surface area contributed by atoms with Crippen LogP contribution in [0.5, 0.6) is 0 Å². The van der Waals surface area contributed by atoms with E-state index in [1.54, 1.807) is 11.0 Å². The molecule has 0 bridgehead atoms. The van der Waals surface area contributed by atoms with Crippen molar-refractivity contribution in [3.05, 3.63) is 12.7 Å². The van der Waals surface area contributed by atoms with Crippen LogP contribution < -0.4 is 5.73 Å². The van der Waals surface area contributed by atoms with Crippen LogP contribution in [-0.4, -0.2) is 30.9 Å². The van der Waals surface area contributed by atoms with Crippen molar-refractivity contribution in [2.75, 3.05) is 20.1 Å². The second-order valence-electron chi connectivity index (χ2n) is 5.14. The number of nitrogens with zero attached hydrogens (tertiary/aromatic N) is 1. The molecule has 0 spiro atoms. The van der Waals surface area contributed by atoms with Gasteiger partial charge < -0.3 is 10.6 Å². The molecule has 1 rings (SSSR count). The summed E-state index contributed by atoms with van der Waals surface area (Å²) < 4.78 is 0. The third-order valence-corrected chi connectivity index (χ3v) is 3.83. The van der Waals surface area contributed by atoms with Crippen LogP contribution in [0.4, 0.5) is 0 Å². The lowest BCUT2D eigenvalue weighted by molar-refractivity contribution is -0.142. The van der Waals surface area contributed by atoms with E-state index >= 15 is 0 Å². The summed E-state index contributed by atoms with van der Waals surface area (Å²) in [5.74, 6) is 0.930. The van der Waals surface area contributed by atoms with Gasteiger partial charge in [0.1, 0.15) is 0 Å². The van der Waals surface area contributed by atoms with E-state index in [1.807, 2.05) is 7.05 Å². The van der Waals surface area contributed by atoms with Crippen LogP contribution in [-0.2, 0) is 4.79 Å². The predicted octanol–water partition coefficient (Wildman–Crippen LogP) is 1.79. The molecule has 1 aliphatic rings. The lowest BCUT2D eigenvalue weighted by Gasteiger charge is -2.39. The zero-order valence-electron chi connectivity index (χ0n) is 10.5. The molecule has 0 aliphatic heterocycles. The number of likely N-dealkylation sites (N-methyl/N-ethyl adjacent to an activating group) is 1. The van der Waals surface area contributed by atoms with Gasteiger partial charge in [-0.05, 0) is 31.6 Å². The maximum atomic E-state index is 12.3. The number of amides is 1. The van der Waals surface area contributed by atoms with E-state index in [1.165, 1.54) is 0 Å². The van der Waals surface area contributed by atoms with Crippen molar-refractivity contribution < 1.29 is 4.79 Å². The highest BCUT2D eigenvalue weighted by Gasteiger charge is 2.41. The molecule has 92 valence electrons. The minimum absolute atomic E-state index is 0.196. The summed E-state index contributed by atoms with van der Waals surface area (Å²) in [5, 5.41) is 0. The molecule has 0 unspecified atom stereocenters. The molecule has 1 fully saturated rings. The molecule has 0 atom stereocenters. The first-order chi connectivity index (χ1) is 7.55. The van der Waals surface area contributed by atoms with Crippen LogP contribution in [0.15, 0.2) is 12.7 Å². The first-order valence-corrected chi connectivity index (χ1v) is 6.12. The number of carbonyl (C=O) groups is 1. The van der Waals surface area contributed by atoms with E-state index in [-0.39, 0.29) is 11.3 Å². The molecular weight excluding hydrogens is 200 g/mol. The highest BCUT2D eigenvalue weighted by molar-refractivity contribution is 5.83. The predicted molar refractivity (Wildman–Crippen MR) is 67.0 cm³/mol. The van der Waals surface area contributed by atoms with Crippen molar-refractivity contribution in [3.63, 3.8) is 0 Å². The largest absolute Gasteiger partial charge is 0.342 e. The lowest BCUT2D eigenvalue weighted by atomic mass is 9.70. The molecule has 0 aromatic heterocycles. The minimum atomic E-state index is -0.301. The molecule has 2 N–H and O–H groups in total. The Kier molecular flexibility index (Phi) is 4.54. The Hall–Kier alpha value is -0.830. The maximum Gasteiger partial charge on any atom is 0.230 e. The molecule has 3 nitrogen and oxygen atoms in total. The van der Waals surface area contributed by atoms with Crippen molar-refractivity contribution >= 4 is 5.91 Å². The fourth-order valence-electron chi connectivity index (χ4n) is 2.50. The second-order valence-corrected chi connectivity index (χ2v) is 5.14. The van der Waals surface area contributed by atoms with Gasteiger partial charge in [-0.15, -0.1) is 6.58 Å². The molecule has 0 heterocycles. The number of hydrogen-bond acceptors (Lipinski definition) is 2. The standard InChI is InChI=1S/C13H24N2O/c1-4-9-15(3)12(16)13(10-14)7-5-11(2)6-8-13/h4,11H,1,5-10,14H2,2-3H3. The number of hydrogen-bond donors (Lipinski definition) is 1. The highest BCUT2D eigenvalue weighted by Crippen LogP contribution is 2.39. The zero-order chi connectivity index (χ0) is 12.2. The first kappa shape index (κ1) is 13.2. The monoisotopic (exact) mass is 224 g/mol. The van der Waals surface area contributed by atoms with Crippen LogP contribution in [0.3, 0.4) is 0 Å². The summed E-state index contributed by atoms with van der Waals surface area (Å²) in [4.78, 5) is 14.1. The number of nitrogens with two attached hydrogens (primary N) is 1. The van der Waals surface area contributed by atoms with Crippen molar-refractivity contribution in [1.82, 2.24) is 4.90 Å². The summed E-state index contributed by atoms with van der Waals surface area (Å²) in [6.45, 7) is 6.99. The van der Waals surface area contributed by atoms with Gasteiger partial charge in [0.2, 0.25) is 5.91 Å². The average Bonchev–Trinajstić information content (AvgIpc) is 2.30. The van der Waals surface area contributed by atoms with E-state index in [0.29, 0.717) is 13.1 Å². The van der Waals surface area contributed by atoms with Gasteiger partial charge in [0.15, 0.2) is 0 Å². The summed E-state index contributed by atoms with van der Waals surface area (Å²) in [7, 11) is 1.83. The Bertz CT molecular complexity index is 255. The van der Waals surface area contributed by atoms with Gasteiger partial charge >= 0.3 is 0 Å². The van der Waals surface area contributed by atoms with E-state index in [2.05, 4.69) is 13.5 Å². The quantitative estimate of drug-likeness (QED) is 0.740. The van der Waals surface area contributed by atoms with Crippen molar-refractivity contribution in [1.29, 1.82) is 0 Å². The summed E-state index contributed by atoms with van der Waals surface area (Å²) >= 11 is 0. The van der Waals surface area contributed by atoms with Gasteiger partial charge in [-0.3, -0.25) is 4.79 Å². The van der Waals surface area contributed by atoms with E-state index < -0.39 is 0 Å². The van der Waals surface area contributed by atoms with Crippen molar-refractivity contribution in [2.24, 2.45) is 17.1 Å². The molecule has 3 heteroatoms. The second kappa shape index (κ2) is 5.48. The van der Waals surface area contributed by atoms with Crippen molar-refractivity contribution in [2.45, 2.75) is 32.6 Å². The molecule has 0 radical (unpaired) electrons. The molecule has 0 aromatic carbocycles. The van der Waals surface area contributed by atoms with Crippen LogP contribution in [0.1, 0.15) is 32.6 Å². The molecule has 1 saturated carbocycles. The lowest BCUT2D eigenvalue weighted by Crippen LogP contribution is -2.48. The van der Waals surface area contributed by atoms with Gasteiger partial charge in [-0.25, -0.2) is 0 Å².